The van der Waals surface area contributed by atoms with Gasteiger partial charge in [-0.25, -0.2) is 4.79 Å². The van der Waals surface area contributed by atoms with E-state index in [0.29, 0.717) is 31.5 Å². The summed E-state index contributed by atoms with van der Waals surface area (Å²) in [5.41, 5.74) is 1.30. The number of methoxy groups -OCH3 is 1. The van der Waals surface area contributed by atoms with Gasteiger partial charge in [0.15, 0.2) is 8.32 Å². The van der Waals surface area contributed by atoms with Crippen LogP contribution >= 0.6 is 0 Å². The molecule has 9 heteroatoms. The Balaban J connectivity index is 1.94. The molecular weight excluding hydrogens is 697 g/mol. The number of hydrogen-bond acceptors (Lipinski definition) is 8. The molecule has 304 valence electrons. The van der Waals surface area contributed by atoms with E-state index < -0.39 is 20.4 Å². The molecular formula is C45H72O8Si. The van der Waals surface area contributed by atoms with E-state index in [0.717, 1.165) is 49.8 Å². The van der Waals surface area contributed by atoms with Crippen molar-refractivity contribution in [2.24, 2.45) is 35.5 Å². The lowest BCUT2D eigenvalue weighted by Gasteiger charge is -2.41. The Morgan fingerprint density at radius 3 is 2.31 bits per heavy atom. The van der Waals surface area contributed by atoms with Crippen molar-refractivity contribution in [3.05, 3.63) is 66.3 Å². The number of aliphatic hydroxyl groups excluding tert-OH is 1. The van der Waals surface area contributed by atoms with Crippen molar-refractivity contribution >= 4 is 20.3 Å². The average molecular weight is 769 g/mol. The summed E-state index contributed by atoms with van der Waals surface area (Å²) in [7, 11) is -0.541. The summed E-state index contributed by atoms with van der Waals surface area (Å²) in [4.78, 5) is 27.2. The summed E-state index contributed by atoms with van der Waals surface area (Å²) in [5.74, 6) is 1.07. The standard InChI is InChI=1S/C45H72O8Si/c1-12-24-51-44(48)39-17-13-14-19-40(38-18-15-16-36(38)30-50-29-35-20-22-37(49-9)23-21-35)52-42(46)28-41(53-54(10,11)45(6,7)8)33(4)26-31(2)25-32(3)27-34(5)43(39)47/h12-14,17,20-23,31-34,36,38,40-41,43,47H,1,15-16,18-19,24-30H2,2-11H3/b14-13+,39-17-/t31-,32+,33-,34-,36-,38+,40-,41-,43?/m0/s1. The first-order valence-corrected chi connectivity index (χ1v) is 23.3. The summed E-state index contributed by atoms with van der Waals surface area (Å²) >= 11 is 0. The maximum Gasteiger partial charge on any atom is 0.336 e. The van der Waals surface area contributed by atoms with Gasteiger partial charge in [-0.2, -0.15) is 0 Å². The lowest BCUT2D eigenvalue weighted by atomic mass is 9.82. The van der Waals surface area contributed by atoms with Crippen LogP contribution < -0.4 is 4.74 Å². The van der Waals surface area contributed by atoms with Crippen LogP contribution in [0.3, 0.4) is 0 Å². The van der Waals surface area contributed by atoms with E-state index in [-0.39, 0.29) is 65.5 Å². The van der Waals surface area contributed by atoms with E-state index in [1.165, 1.54) is 6.08 Å². The lowest BCUT2D eigenvalue weighted by molar-refractivity contribution is -0.155. The monoisotopic (exact) mass is 768 g/mol. The summed E-state index contributed by atoms with van der Waals surface area (Å²) in [5, 5.41) is 11.5. The second-order valence-electron chi connectivity index (χ2n) is 17.9. The summed E-state index contributed by atoms with van der Waals surface area (Å²) < 4.78 is 30.5. The third-order valence-electron chi connectivity index (χ3n) is 12.1. The van der Waals surface area contributed by atoms with Crippen LogP contribution in [0.2, 0.25) is 18.1 Å². The molecule has 1 unspecified atom stereocenters. The van der Waals surface area contributed by atoms with E-state index in [1.54, 1.807) is 19.3 Å². The number of carbonyl (C=O) groups is 2. The fraction of sp³-hybridized carbons (Fsp3) is 0.689. The average Bonchev–Trinajstić information content (AvgIpc) is 3.57. The molecule has 54 heavy (non-hydrogen) atoms. The second-order valence-corrected chi connectivity index (χ2v) is 22.6. The minimum Gasteiger partial charge on any atom is -0.497 e. The van der Waals surface area contributed by atoms with Gasteiger partial charge in [-0.15, -0.1) is 0 Å². The van der Waals surface area contributed by atoms with Crippen LogP contribution in [0.1, 0.15) is 105 Å². The Labute approximate surface area is 328 Å². The quantitative estimate of drug-likeness (QED) is 0.135. The van der Waals surface area contributed by atoms with Gasteiger partial charge in [-0.05, 0) is 104 Å². The Morgan fingerprint density at radius 1 is 1.02 bits per heavy atom. The molecule has 8 nitrogen and oxygen atoms in total. The molecule has 1 aromatic rings. The molecule has 1 fully saturated rings. The largest absolute Gasteiger partial charge is 0.497 e. The Kier molecular flexibility index (Phi) is 18.2. The van der Waals surface area contributed by atoms with Crippen LogP contribution in [-0.2, 0) is 34.8 Å². The van der Waals surface area contributed by atoms with Gasteiger partial charge < -0.3 is 28.5 Å². The maximum atomic E-state index is 14.1. The maximum absolute atomic E-state index is 14.1. The number of carbonyl (C=O) groups excluding carboxylic acids is 2. The van der Waals surface area contributed by atoms with Crippen LogP contribution in [0.15, 0.2) is 60.7 Å². The highest BCUT2D eigenvalue weighted by Crippen LogP contribution is 2.41. The molecule has 0 amide bonds. The minimum atomic E-state index is -2.20. The number of hydrogen-bond donors (Lipinski definition) is 1. The van der Waals surface area contributed by atoms with E-state index in [9.17, 15) is 14.7 Å². The van der Waals surface area contributed by atoms with Gasteiger partial charge in [0.25, 0.3) is 0 Å². The van der Waals surface area contributed by atoms with Crippen LogP contribution in [0.5, 0.6) is 5.75 Å². The molecule has 1 aliphatic heterocycles. The van der Waals surface area contributed by atoms with Crippen molar-refractivity contribution < 1.29 is 38.1 Å². The van der Waals surface area contributed by atoms with E-state index >= 15 is 0 Å². The smallest absolute Gasteiger partial charge is 0.336 e. The molecule has 9 atom stereocenters. The fourth-order valence-electron chi connectivity index (χ4n) is 8.04. The van der Waals surface area contributed by atoms with Crippen molar-refractivity contribution in [2.45, 2.75) is 143 Å². The Bertz CT molecular complexity index is 1380. The number of allylic oxidation sites excluding steroid dienone is 2. The zero-order valence-corrected chi connectivity index (χ0v) is 36.1. The summed E-state index contributed by atoms with van der Waals surface area (Å²) in [6.07, 6.45) is 11.6. The molecule has 0 saturated heterocycles. The highest BCUT2D eigenvalue weighted by Gasteiger charge is 2.42. The van der Waals surface area contributed by atoms with E-state index in [2.05, 4.69) is 61.2 Å². The first-order chi connectivity index (χ1) is 25.4. The number of aliphatic hydroxyl groups is 1. The van der Waals surface area contributed by atoms with Crippen LogP contribution in [0.25, 0.3) is 0 Å². The molecule has 0 aromatic heterocycles. The molecule has 3 rings (SSSR count). The first-order valence-electron chi connectivity index (χ1n) is 20.4. The molecule has 0 bridgehead atoms. The third-order valence-corrected chi connectivity index (χ3v) is 16.6. The molecule has 1 saturated carbocycles. The Hall–Kier alpha value is -2.72. The second kappa shape index (κ2) is 21.5. The SMILES string of the molecule is C=CCOC(=O)/C1=C\C=C\C[C@@H]([C@@H]2CCC[C@H]2COCc2ccc(OC)cc2)OC(=O)C[C@H](O[Si](C)(C)C(C)(C)C)[C@@H](C)C[C@@H](C)C[C@@H](C)C[C@H](C)C1O. The van der Waals surface area contributed by atoms with E-state index in [1.807, 2.05) is 37.3 Å². The van der Waals surface area contributed by atoms with Gasteiger partial charge in [0.2, 0.25) is 0 Å². The highest BCUT2D eigenvalue weighted by atomic mass is 28.4. The minimum absolute atomic E-state index is 0.000431. The first kappa shape index (κ1) is 45.7. The van der Waals surface area contributed by atoms with Crippen molar-refractivity contribution in [1.82, 2.24) is 0 Å². The predicted molar refractivity (Wildman–Crippen MR) is 220 cm³/mol. The van der Waals surface area contributed by atoms with Gasteiger partial charge in [0.1, 0.15) is 18.5 Å². The van der Waals surface area contributed by atoms with Gasteiger partial charge >= 0.3 is 11.9 Å². The lowest BCUT2D eigenvalue weighted by Crippen LogP contribution is -2.46. The van der Waals surface area contributed by atoms with Gasteiger partial charge in [-0.3, -0.25) is 4.79 Å². The van der Waals surface area contributed by atoms with Gasteiger partial charge in [0.05, 0.1) is 44.5 Å². The number of benzene rings is 1. The number of rotatable bonds is 11. The summed E-state index contributed by atoms with van der Waals surface area (Å²) in [6.45, 7) is 24.7. The zero-order valence-electron chi connectivity index (χ0n) is 35.1. The summed E-state index contributed by atoms with van der Waals surface area (Å²) in [6, 6.07) is 7.90. The van der Waals surface area contributed by atoms with Crippen LogP contribution in [0, 0.1) is 35.5 Å². The number of cyclic esters (lactones) is 1. The molecule has 1 heterocycles. The Morgan fingerprint density at radius 2 is 1.69 bits per heavy atom. The normalized spacial score (nSPS) is 31.3. The zero-order chi connectivity index (χ0) is 40.1. The topological polar surface area (TPSA) is 101 Å². The van der Waals surface area contributed by atoms with Crippen LogP contribution in [0.4, 0.5) is 0 Å². The molecule has 0 radical (unpaired) electrons. The fourth-order valence-corrected chi connectivity index (χ4v) is 9.47. The molecule has 1 aliphatic carbocycles. The predicted octanol–water partition coefficient (Wildman–Crippen LogP) is 10.0. The van der Waals surface area contributed by atoms with Crippen molar-refractivity contribution in [3.8, 4) is 5.75 Å². The molecule has 2 aliphatic rings. The van der Waals surface area contributed by atoms with Gasteiger partial charge in [0, 0.05) is 12.3 Å². The highest BCUT2D eigenvalue weighted by molar-refractivity contribution is 6.74. The number of esters is 2. The molecule has 1 N–H and O–H groups in total. The van der Waals surface area contributed by atoms with Crippen molar-refractivity contribution in [1.29, 1.82) is 0 Å². The van der Waals surface area contributed by atoms with Crippen molar-refractivity contribution in [2.75, 3.05) is 20.3 Å². The van der Waals surface area contributed by atoms with Crippen LogP contribution in [-0.4, -0.2) is 64.0 Å². The third kappa shape index (κ3) is 14.1. The van der Waals surface area contributed by atoms with Crippen molar-refractivity contribution in [3.63, 3.8) is 0 Å². The molecule has 1 aromatic carbocycles. The number of ether oxygens (including phenoxy) is 4. The van der Waals surface area contributed by atoms with E-state index in [4.69, 9.17) is 23.4 Å². The van der Waals surface area contributed by atoms with Gasteiger partial charge in [-0.1, -0.05) is 91.8 Å². The molecule has 0 spiro atoms.